The van der Waals surface area contributed by atoms with Gasteiger partial charge in [0.25, 0.3) is 5.56 Å². The molecule has 0 aromatic carbocycles. The zero-order valence-corrected chi connectivity index (χ0v) is 12.6. The summed E-state index contributed by atoms with van der Waals surface area (Å²) in [5, 5.41) is 0. The molecule has 1 unspecified atom stereocenters. The molecule has 106 valence electrons. The van der Waals surface area contributed by atoms with Crippen LogP contribution in [-0.4, -0.2) is 9.55 Å². The highest BCUT2D eigenvalue weighted by Gasteiger charge is 2.10. The van der Waals surface area contributed by atoms with Crippen LogP contribution in [0.4, 0.5) is 0 Å². The van der Waals surface area contributed by atoms with Crippen LogP contribution in [0.5, 0.6) is 0 Å². The van der Waals surface area contributed by atoms with Gasteiger partial charge in [0, 0.05) is 30.2 Å². The molecule has 0 aliphatic carbocycles. The van der Waals surface area contributed by atoms with E-state index in [1.54, 1.807) is 4.57 Å². The molecule has 1 atom stereocenters. The van der Waals surface area contributed by atoms with Crippen LogP contribution < -0.4 is 5.56 Å². The summed E-state index contributed by atoms with van der Waals surface area (Å²) in [4.78, 5) is 16.4. The van der Waals surface area contributed by atoms with Crippen LogP contribution >= 0.6 is 0 Å². The van der Waals surface area contributed by atoms with Gasteiger partial charge in [0.15, 0.2) is 0 Å². The molecule has 0 amide bonds. The molecule has 0 spiro atoms. The van der Waals surface area contributed by atoms with Gasteiger partial charge in [0.1, 0.15) is 0 Å². The Morgan fingerprint density at radius 2 is 2.00 bits per heavy atom. The SMILES string of the molecule is Cc1cccn(C(C)Cc2cncc(C(C)C)c2)c1=O. The summed E-state index contributed by atoms with van der Waals surface area (Å²) < 4.78 is 1.80. The van der Waals surface area contributed by atoms with E-state index in [-0.39, 0.29) is 11.6 Å². The van der Waals surface area contributed by atoms with Crippen LogP contribution in [0.2, 0.25) is 0 Å². The van der Waals surface area contributed by atoms with Crippen molar-refractivity contribution in [2.45, 2.75) is 46.1 Å². The Labute approximate surface area is 120 Å². The minimum absolute atomic E-state index is 0.0907. The summed E-state index contributed by atoms with van der Waals surface area (Å²) in [7, 11) is 0. The first-order chi connectivity index (χ1) is 9.49. The molecule has 0 aliphatic rings. The van der Waals surface area contributed by atoms with Crippen molar-refractivity contribution in [2.24, 2.45) is 0 Å². The number of aryl methyl sites for hydroxylation is 1. The molecule has 2 heterocycles. The van der Waals surface area contributed by atoms with Crippen LogP contribution in [-0.2, 0) is 6.42 Å². The number of hydrogen-bond acceptors (Lipinski definition) is 2. The second-order valence-corrected chi connectivity index (χ2v) is 5.74. The maximum Gasteiger partial charge on any atom is 0.253 e. The predicted molar refractivity (Wildman–Crippen MR) is 82.2 cm³/mol. The van der Waals surface area contributed by atoms with Crippen LogP contribution in [0.1, 0.15) is 49.4 Å². The Kier molecular flexibility index (Phi) is 4.38. The van der Waals surface area contributed by atoms with E-state index in [1.807, 2.05) is 37.6 Å². The molecular formula is C17H22N2O. The van der Waals surface area contributed by atoms with Crippen molar-refractivity contribution in [1.82, 2.24) is 9.55 Å². The highest BCUT2D eigenvalue weighted by Crippen LogP contribution is 2.17. The Hall–Kier alpha value is -1.90. The smallest absolute Gasteiger partial charge is 0.253 e. The number of hydrogen-bond donors (Lipinski definition) is 0. The zero-order valence-electron chi connectivity index (χ0n) is 12.6. The van der Waals surface area contributed by atoms with E-state index in [1.165, 1.54) is 11.1 Å². The molecule has 0 radical (unpaired) electrons. The van der Waals surface area contributed by atoms with E-state index in [9.17, 15) is 4.79 Å². The lowest BCUT2D eigenvalue weighted by molar-refractivity contribution is 0.524. The number of pyridine rings is 2. The van der Waals surface area contributed by atoms with Gasteiger partial charge < -0.3 is 4.57 Å². The molecule has 3 heteroatoms. The van der Waals surface area contributed by atoms with Crippen molar-refractivity contribution in [3.63, 3.8) is 0 Å². The minimum Gasteiger partial charge on any atom is -0.312 e. The lowest BCUT2D eigenvalue weighted by Crippen LogP contribution is -2.25. The van der Waals surface area contributed by atoms with Crippen molar-refractivity contribution >= 4 is 0 Å². The van der Waals surface area contributed by atoms with E-state index in [0.29, 0.717) is 5.92 Å². The molecule has 0 saturated heterocycles. The summed E-state index contributed by atoms with van der Waals surface area (Å²) in [6, 6.07) is 6.10. The van der Waals surface area contributed by atoms with Gasteiger partial charge >= 0.3 is 0 Å². The summed E-state index contributed by atoms with van der Waals surface area (Å²) in [6.45, 7) is 8.25. The van der Waals surface area contributed by atoms with E-state index >= 15 is 0 Å². The lowest BCUT2D eigenvalue weighted by atomic mass is 10.0. The first-order valence-electron chi connectivity index (χ1n) is 7.10. The average molecular weight is 270 g/mol. The van der Waals surface area contributed by atoms with E-state index in [4.69, 9.17) is 0 Å². The van der Waals surface area contributed by atoms with Crippen molar-refractivity contribution in [3.8, 4) is 0 Å². The van der Waals surface area contributed by atoms with Gasteiger partial charge in [-0.25, -0.2) is 0 Å². The van der Waals surface area contributed by atoms with Gasteiger partial charge in [-0.15, -0.1) is 0 Å². The van der Waals surface area contributed by atoms with Crippen molar-refractivity contribution in [1.29, 1.82) is 0 Å². The zero-order chi connectivity index (χ0) is 14.7. The van der Waals surface area contributed by atoms with Gasteiger partial charge in [-0.05, 0) is 43.4 Å². The topological polar surface area (TPSA) is 34.9 Å². The van der Waals surface area contributed by atoms with E-state index in [0.717, 1.165) is 12.0 Å². The highest BCUT2D eigenvalue weighted by molar-refractivity contribution is 5.21. The summed E-state index contributed by atoms with van der Waals surface area (Å²) in [5.74, 6) is 0.472. The molecular weight excluding hydrogens is 248 g/mol. The Morgan fingerprint density at radius 1 is 1.25 bits per heavy atom. The Bertz CT molecular complexity index is 643. The highest BCUT2D eigenvalue weighted by atomic mass is 16.1. The van der Waals surface area contributed by atoms with Gasteiger partial charge in [-0.3, -0.25) is 9.78 Å². The van der Waals surface area contributed by atoms with Crippen LogP contribution in [0, 0.1) is 6.92 Å². The summed E-state index contributed by atoms with van der Waals surface area (Å²) in [6.07, 6.45) is 6.48. The minimum atomic E-state index is 0.0907. The fourth-order valence-corrected chi connectivity index (χ4v) is 2.34. The monoisotopic (exact) mass is 270 g/mol. The predicted octanol–water partition coefficient (Wildman–Crippen LogP) is 3.48. The molecule has 0 N–H and O–H groups in total. The van der Waals surface area contributed by atoms with Gasteiger partial charge in [-0.1, -0.05) is 26.0 Å². The third kappa shape index (κ3) is 3.16. The standard InChI is InChI=1S/C17H22N2O/c1-12(2)16-9-15(10-18-11-16)8-14(4)19-7-5-6-13(3)17(19)20/h5-7,9-12,14H,8H2,1-4H3. The molecule has 0 bridgehead atoms. The second kappa shape index (κ2) is 6.04. The van der Waals surface area contributed by atoms with Crippen LogP contribution in [0.15, 0.2) is 41.6 Å². The quantitative estimate of drug-likeness (QED) is 0.852. The van der Waals surface area contributed by atoms with Crippen molar-refractivity contribution < 1.29 is 0 Å². The number of aromatic nitrogens is 2. The molecule has 0 saturated carbocycles. The second-order valence-electron chi connectivity index (χ2n) is 5.74. The largest absolute Gasteiger partial charge is 0.312 e. The third-order valence-electron chi connectivity index (χ3n) is 3.65. The number of nitrogens with zero attached hydrogens (tertiary/aromatic N) is 2. The maximum absolute atomic E-state index is 12.1. The van der Waals surface area contributed by atoms with Crippen molar-refractivity contribution in [2.75, 3.05) is 0 Å². The van der Waals surface area contributed by atoms with Gasteiger partial charge in [0.05, 0.1) is 0 Å². The Balaban J connectivity index is 2.23. The lowest BCUT2D eigenvalue weighted by Gasteiger charge is -2.16. The average Bonchev–Trinajstić information content (AvgIpc) is 2.42. The molecule has 2 rings (SSSR count). The molecule has 3 nitrogen and oxygen atoms in total. The third-order valence-corrected chi connectivity index (χ3v) is 3.65. The van der Waals surface area contributed by atoms with E-state index in [2.05, 4.69) is 31.8 Å². The first-order valence-corrected chi connectivity index (χ1v) is 7.10. The first kappa shape index (κ1) is 14.5. The molecule has 0 fully saturated rings. The molecule has 2 aromatic rings. The van der Waals surface area contributed by atoms with Crippen molar-refractivity contribution in [3.05, 3.63) is 63.8 Å². The number of rotatable bonds is 4. The van der Waals surface area contributed by atoms with Gasteiger partial charge in [0.2, 0.25) is 0 Å². The fraction of sp³-hybridized carbons (Fsp3) is 0.412. The summed E-state index contributed by atoms with van der Waals surface area (Å²) >= 11 is 0. The molecule has 2 aromatic heterocycles. The molecule has 20 heavy (non-hydrogen) atoms. The van der Waals surface area contributed by atoms with Crippen LogP contribution in [0.25, 0.3) is 0 Å². The van der Waals surface area contributed by atoms with Crippen LogP contribution in [0.3, 0.4) is 0 Å². The van der Waals surface area contributed by atoms with Gasteiger partial charge in [-0.2, -0.15) is 0 Å². The maximum atomic E-state index is 12.1. The fourth-order valence-electron chi connectivity index (χ4n) is 2.34. The molecule has 0 aliphatic heterocycles. The Morgan fingerprint density at radius 3 is 2.70 bits per heavy atom. The van der Waals surface area contributed by atoms with E-state index < -0.39 is 0 Å². The normalized spacial score (nSPS) is 12.7. The summed E-state index contributed by atoms with van der Waals surface area (Å²) in [5.41, 5.74) is 3.30.